The maximum atomic E-state index is 10.4. The number of likely N-dealkylation sites (tertiary alicyclic amines) is 1. The highest BCUT2D eigenvalue weighted by molar-refractivity contribution is 5.23. The molecular formula is C17H27NO. The molecule has 0 bridgehead atoms. The van der Waals surface area contributed by atoms with Crippen LogP contribution in [0.15, 0.2) is 24.3 Å². The minimum Gasteiger partial charge on any atom is -0.387 e. The fourth-order valence-corrected chi connectivity index (χ4v) is 3.08. The average molecular weight is 261 g/mol. The summed E-state index contributed by atoms with van der Waals surface area (Å²) >= 11 is 0. The summed E-state index contributed by atoms with van der Waals surface area (Å²) < 4.78 is 0. The molecule has 2 nitrogen and oxygen atoms in total. The van der Waals surface area contributed by atoms with Crippen LogP contribution in [0.3, 0.4) is 0 Å². The number of hydrogen-bond donors (Lipinski definition) is 1. The number of aliphatic hydroxyl groups is 1. The number of nitrogens with zero attached hydrogens (tertiary/aromatic N) is 1. The molecule has 2 rings (SSSR count). The number of aryl methyl sites for hydroxylation is 1. The Morgan fingerprint density at radius 3 is 2.68 bits per heavy atom. The van der Waals surface area contributed by atoms with Gasteiger partial charge in [-0.1, -0.05) is 49.6 Å². The molecule has 0 radical (unpaired) electrons. The third kappa shape index (κ3) is 4.05. The zero-order valence-corrected chi connectivity index (χ0v) is 12.3. The van der Waals surface area contributed by atoms with E-state index in [1.165, 1.54) is 37.7 Å². The molecule has 0 aliphatic carbocycles. The molecule has 2 heteroatoms. The molecule has 0 spiro atoms. The van der Waals surface area contributed by atoms with Gasteiger partial charge in [0.05, 0.1) is 6.10 Å². The van der Waals surface area contributed by atoms with Crippen molar-refractivity contribution >= 4 is 0 Å². The number of benzene rings is 1. The molecule has 1 N–H and O–H groups in total. The summed E-state index contributed by atoms with van der Waals surface area (Å²) in [6.07, 6.45) is 6.08. The van der Waals surface area contributed by atoms with Crippen molar-refractivity contribution in [3.63, 3.8) is 0 Å². The summed E-state index contributed by atoms with van der Waals surface area (Å²) in [6.45, 7) is 6.27. The predicted octanol–water partition coefficient (Wildman–Crippen LogP) is 3.68. The lowest BCUT2D eigenvalue weighted by atomic mass is 9.97. The van der Waals surface area contributed by atoms with E-state index in [-0.39, 0.29) is 6.10 Å². The number of hydrogen-bond acceptors (Lipinski definition) is 2. The van der Waals surface area contributed by atoms with E-state index in [2.05, 4.69) is 43.0 Å². The van der Waals surface area contributed by atoms with Gasteiger partial charge in [-0.3, -0.25) is 4.90 Å². The van der Waals surface area contributed by atoms with Crippen LogP contribution in [0.4, 0.5) is 0 Å². The monoisotopic (exact) mass is 261 g/mol. The van der Waals surface area contributed by atoms with Crippen LogP contribution in [0.2, 0.25) is 0 Å². The van der Waals surface area contributed by atoms with Gasteiger partial charge in [-0.2, -0.15) is 0 Å². The van der Waals surface area contributed by atoms with Gasteiger partial charge in [-0.05, 0) is 38.3 Å². The Kier molecular flexibility index (Phi) is 5.41. The first-order valence-electron chi connectivity index (χ1n) is 7.69. The number of β-amino-alcohol motifs (C(OH)–C–C–N with tert-alkyl or cyclic N) is 1. The number of aliphatic hydroxyl groups excluding tert-OH is 1. The van der Waals surface area contributed by atoms with Crippen molar-refractivity contribution in [1.29, 1.82) is 0 Å². The van der Waals surface area contributed by atoms with Gasteiger partial charge in [0.15, 0.2) is 0 Å². The van der Waals surface area contributed by atoms with Crippen LogP contribution in [-0.4, -0.2) is 29.1 Å². The van der Waals surface area contributed by atoms with Crippen LogP contribution < -0.4 is 0 Å². The van der Waals surface area contributed by atoms with Crippen molar-refractivity contribution in [3.8, 4) is 0 Å². The molecule has 0 aromatic heterocycles. The molecule has 1 aromatic rings. The Labute approximate surface area is 117 Å². The standard InChI is InChI=1S/C17H27NO/c1-3-6-16-7-4-5-12-18(16)13-17(19)15-10-8-14(2)9-11-15/h8-11,16-17,19H,3-7,12-13H2,1-2H3. The molecule has 0 amide bonds. The fraction of sp³-hybridized carbons (Fsp3) is 0.647. The smallest absolute Gasteiger partial charge is 0.0917 e. The van der Waals surface area contributed by atoms with Crippen molar-refractivity contribution < 1.29 is 5.11 Å². The molecule has 1 aliphatic heterocycles. The quantitative estimate of drug-likeness (QED) is 0.874. The highest BCUT2D eigenvalue weighted by Gasteiger charge is 2.23. The summed E-state index contributed by atoms with van der Waals surface area (Å²) in [5.74, 6) is 0. The van der Waals surface area contributed by atoms with Crippen molar-refractivity contribution in [2.45, 2.75) is 58.1 Å². The summed E-state index contributed by atoms with van der Waals surface area (Å²) in [5, 5.41) is 10.4. The first-order valence-corrected chi connectivity index (χ1v) is 7.69. The first-order chi connectivity index (χ1) is 9.20. The Morgan fingerprint density at radius 2 is 2.00 bits per heavy atom. The van der Waals surface area contributed by atoms with Crippen molar-refractivity contribution in [2.75, 3.05) is 13.1 Å². The van der Waals surface area contributed by atoms with E-state index in [1.807, 2.05) is 0 Å². The van der Waals surface area contributed by atoms with Crippen molar-refractivity contribution in [3.05, 3.63) is 35.4 Å². The zero-order valence-electron chi connectivity index (χ0n) is 12.3. The molecular weight excluding hydrogens is 234 g/mol. The van der Waals surface area contributed by atoms with Gasteiger partial charge in [0.1, 0.15) is 0 Å². The molecule has 0 saturated carbocycles. The van der Waals surface area contributed by atoms with Crippen LogP contribution in [0.5, 0.6) is 0 Å². The van der Waals surface area contributed by atoms with E-state index >= 15 is 0 Å². The van der Waals surface area contributed by atoms with Gasteiger partial charge >= 0.3 is 0 Å². The van der Waals surface area contributed by atoms with Crippen LogP contribution in [0.1, 0.15) is 56.3 Å². The number of piperidine rings is 1. The second kappa shape index (κ2) is 7.06. The molecule has 1 aromatic carbocycles. The summed E-state index contributed by atoms with van der Waals surface area (Å²) in [5.41, 5.74) is 2.30. The highest BCUT2D eigenvalue weighted by atomic mass is 16.3. The maximum Gasteiger partial charge on any atom is 0.0917 e. The van der Waals surface area contributed by atoms with Gasteiger partial charge in [-0.15, -0.1) is 0 Å². The second-order valence-corrected chi connectivity index (χ2v) is 5.86. The summed E-state index contributed by atoms with van der Waals surface area (Å²) in [4.78, 5) is 2.50. The highest BCUT2D eigenvalue weighted by Crippen LogP contribution is 2.24. The number of rotatable bonds is 5. The topological polar surface area (TPSA) is 23.5 Å². The molecule has 2 unspecified atom stereocenters. The third-order valence-corrected chi connectivity index (χ3v) is 4.24. The Bertz CT molecular complexity index is 371. The minimum atomic E-state index is -0.349. The normalized spacial score (nSPS) is 22.4. The van der Waals surface area contributed by atoms with Crippen molar-refractivity contribution in [2.24, 2.45) is 0 Å². The zero-order chi connectivity index (χ0) is 13.7. The van der Waals surface area contributed by atoms with Crippen LogP contribution in [0, 0.1) is 6.92 Å². The predicted molar refractivity (Wildman–Crippen MR) is 80.3 cm³/mol. The van der Waals surface area contributed by atoms with E-state index in [4.69, 9.17) is 0 Å². The Hall–Kier alpha value is -0.860. The lowest BCUT2D eigenvalue weighted by molar-refractivity contribution is 0.0635. The molecule has 2 atom stereocenters. The van der Waals surface area contributed by atoms with Gasteiger partial charge in [0.25, 0.3) is 0 Å². The minimum absolute atomic E-state index is 0.349. The lowest BCUT2D eigenvalue weighted by Crippen LogP contribution is -2.41. The van der Waals surface area contributed by atoms with Gasteiger partial charge in [-0.25, -0.2) is 0 Å². The van der Waals surface area contributed by atoms with Gasteiger partial charge < -0.3 is 5.11 Å². The van der Waals surface area contributed by atoms with E-state index in [1.54, 1.807) is 0 Å². The molecule has 1 saturated heterocycles. The third-order valence-electron chi connectivity index (χ3n) is 4.24. The maximum absolute atomic E-state index is 10.4. The average Bonchev–Trinajstić information content (AvgIpc) is 2.42. The SMILES string of the molecule is CCCC1CCCCN1CC(O)c1ccc(C)cc1. The van der Waals surface area contributed by atoms with E-state index in [0.717, 1.165) is 18.7 Å². The molecule has 106 valence electrons. The van der Waals surface area contributed by atoms with Gasteiger partial charge in [0, 0.05) is 12.6 Å². The largest absolute Gasteiger partial charge is 0.387 e. The molecule has 19 heavy (non-hydrogen) atoms. The Balaban J connectivity index is 1.96. The van der Waals surface area contributed by atoms with Crippen LogP contribution in [-0.2, 0) is 0 Å². The van der Waals surface area contributed by atoms with Crippen LogP contribution in [0.25, 0.3) is 0 Å². The van der Waals surface area contributed by atoms with E-state index < -0.39 is 0 Å². The lowest BCUT2D eigenvalue weighted by Gasteiger charge is -2.37. The van der Waals surface area contributed by atoms with E-state index in [9.17, 15) is 5.11 Å². The van der Waals surface area contributed by atoms with Crippen molar-refractivity contribution in [1.82, 2.24) is 4.90 Å². The molecule has 1 heterocycles. The first kappa shape index (κ1) is 14.5. The van der Waals surface area contributed by atoms with Gasteiger partial charge in [0.2, 0.25) is 0 Å². The Morgan fingerprint density at radius 1 is 1.26 bits per heavy atom. The van der Waals surface area contributed by atoms with Crippen LogP contribution >= 0.6 is 0 Å². The summed E-state index contributed by atoms with van der Waals surface area (Å²) in [7, 11) is 0. The molecule has 1 aliphatic rings. The second-order valence-electron chi connectivity index (χ2n) is 5.86. The molecule has 1 fully saturated rings. The van der Waals surface area contributed by atoms with E-state index in [0.29, 0.717) is 6.04 Å². The fourth-order valence-electron chi connectivity index (χ4n) is 3.08. The summed E-state index contributed by atoms with van der Waals surface area (Å²) in [6, 6.07) is 8.95.